The summed E-state index contributed by atoms with van der Waals surface area (Å²) in [6.45, 7) is 1.89. The molecule has 1 fully saturated rings. The van der Waals surface area contributed by atoms with Gasteiger partial charge in [0, 0.05) is 25.6 Å². The van der Waals surface area contributed by atoms with Gasteiger partial charge in [0.2, 0.25) is 10.0 Å². The van der Waals surface area contributed by atoms with Gasteiger partial charge in [-0.3, -0.25) is 10.1 Å². The molecule has 2 aromatic carbocycles. The number of sulfonamides is 1. The highest BCUT2D eigenvalue weighted by Gasteiger charge is 2.29. The molecule has 0 aromatic heterocycles. The third-order valence-electron chi connectivity index (χ3n) is 4.99. The van der Waals surface area contributed by atoms with E-state index in [0.29, 0.717) is 35.3 Å². The number of fused-ring (bicyclic) bond motifs is 1. The van der Waals surface area contributed by atoms with E-state index in [9.17, 15) is 18.5 Å². The highest BCUT2D eigenvalue weighted by Crippen LogP contribution is 2.39. The van der Waals surface area contributed by atoms with E-state index < -0.39 is 20.6 Å². The Labute approximate surface area is 189 Å². The summed E-state index contributed by atoms with van der Waals surface area (Å²) in [5, 5.41) is 12.0. The Balaban J connectivity index is 1.56. The maximum Gasteiger partial charge on any atom is 0.312 e. The Morgan fingerprint density at radius 1 is 1.09 bits per heavy atom. The maximum atomic E-state index is 12.8. The SMILES string of the molecule is O=[N+]([O-])c1cc(S(=O)(=O)N2CCOCC2)ccc1OCc1cc(Cl)c2c(c1)OCCCO2. The Hall–Kier alpha value is -2.60. The van der Waals surface area contributed by atoms with Gasteiger partial charge < -0.3 is 18.9 Å². The fourth-order valence-corrected chi connectivity index (χ4v) is 5.10. The highest BCUT2D eigenvalue weighted by molar-refractivity contribution is 7.89. The lowest BCUT2D eigenvalue weighted by Crippen LogP contribution is -2.40. The third-order valence-corrected chi connectivity index (χ3v) is 7.17. The monoisotopic (exact) mass is 484 g/mol. The molecule has 0 bridgehead atoms. The van der Waals surface area contributed by atoms with E-state index >= 15 is 0 Å². The number of nitro groups is 1. The van der Waals surface area contributed by atoms with Crippen molar-refractivity contribution in [2.45, 2.75) is 17.9 Å². The summed E-state index contributed by atoms with van der Waals surface area (Å²) in [6.07, 6.45) is 0.725. The van der Waals surface area contributed by atoms with Crippen molar-refractivity contribution in [1.29, 1.82) is 0 Å². The lowest BCUT2D eigenvalue weighted by Gasteiger charge is -2.26. The molecule has 0 radical (unpaired) electrons. The smallest absolute Gasteiger partial charge is 0.312 e. The molecule has 0 atom stereocenters. The molecule has 4 rings (SSSR count). The average molecular weight is 485 g/mol. The van der Waals surface area contributed by atoms with Gasteiger partial charge >= 0.3 is 5.69 Å². The Kier molecular flexibility index (Phi) is 6.70. The van der Waals surface area contributed by atoms with E-state index in [0.717, 1.165) is 12.5 Å². The van der Waals surface area contributed by atoms with Gasteiger partial charge in [0.05, 0.1) is 41.3 Å². The lowest BCUT2D eigenvalue weighted by molar-refractivity contribution is -0.386. The van der Waals surface area contributed by atoms with Crippen molar-refractivity contribution >= 4 is 27.3 Å². The number of halogens is 1. The minimum atomic E-state index is -3.88. The number of ether oxygens (including phenoxy) is 4. The number of hydrogen-bond donors (Lipinski definition) is 0. The van der Waals surface area contributed by atoms with Gasteiger partial charge in [0.15, 0.2) is 17.2 Å². The van der Waals surface area contributed by atoms with Crippen LogP contribution in [0.1, 0.15) is 12.0 Å². The predicted molar refractivity (Wildman–Crippen MR) is 114 cm³/mol. The zero-order chi connectivity index (χ0) is 22.7. The molecule has 12 heteroatoms. The maximum absolute atomic E-state index is 12.8. The van der Waals surface area contributed by atoms with E-state index in [1.54, 1.807) is 12.1 Å². The number of morpholine rings is 1. The first-order chi connectivity index (χ1) is 15.4. The lowest BCUT2D eigenvalue weighted by atomic mass is 10.2. The summed E-state index contributed by atoms with van der Waals surface area (Å²) >= 11 is 6.28. The fourth-order valence-electron chi connectivity index (χ4n) is 3.39. The molecule has 0 N–H and O–H groups in total. The zero-order valence-corrected chi connectivity index (χ0v) is 18.6. The van der Waals surface area contributed by atoms with Crippen LogP contribution in [0.15, 0.2) is 35.2 Å². The van der Waals surface area contributed by atoms with Crippen LogP contribution in [0.25, 0.3) is 0 Å². The van der Waals surface area contributed by atoms with Crippen molar-refractivity contribution in [2.75, 3.05) is 39.5 Å². The Bertz CT molecular complexity index is 1120. The molecule has 0 saturated carbocycles. The molecule has 2 heterocycles. The normalized spacial score (nSPS) is 16.9. The molecule has 2 aliphatic rings. The van der Waals surface area contributed by atoms with Crippen LogP contribution in [0, 0.1) is 10.1 Å². The zero-order valence-electron chi connectivity index (χ0n) is 17.0. The minimum absolute atomic E-state index is 0.0350. The molecule has 32 heavy (non-hydrogen) atoms. The molecule has 1 saturated heterocycles. The van der Waals surface area contributed by atoms with Crippen molar-refractivity contribution < 1.29 is 32.3 Å². The minimum Gasteiger partial charge on any atom is -0.489 e. The molecule has 0 spiro atoms. The van der Waals surface area contributed by atoms with Crippen LogP contribution < -0.4 is 14.2 Å². The van der Waals surface area contributed by atoms with E-state index in [1.165, 1.54) is 16.4 Å². The summed E-state index contributed by atoms with van der Waals surface area (Å²) in [7, 11) is -3.88. The van der Waals surface area contributed by atoms with Crippen molar-refractivity contribution in [3.05, 3.63) is 51.0 Å². The van der Waals surface area contributed by atoms with Gasteiger partial charge in [-0.2, -0.15) is 4.31 Å². The second-order valence-corrected chi connectivity index (χ2v) is 9.49. The first kappa shape index (κ1) is 22.6. The largest absolute Gasteiger partial charge is 0.489 e. The summed E-state index contributed by atoms with van der Waals surface area (Å²) in [5.41, 5.74) is 0.179. The van der Waals surface area contributed by atoms with Gasteiger partial charge in [-0.1, -0.05) is 11.6 Å². The summed E-state index contributed by atoms with van der Waals surface area (Å²) in [4.78, 5) is 10.8. The van der Waals surface area contributed by atoms with Crippen molar-refractivity contribution in [2.24, 2.45) is 0 Å². The van der Waals surface area contributed by atoms with Gasteiger partial charge in [0.1, 0.15) is 6.61 Å². The summed E-state index contributed by atoms with van der Waals surface area (Å²) in [6, 6.07) is 6.94. The molecule has 2 aliphatic heterocycles. The predicted octanol–water partition coefficient (Wildman–Crippen LogP) is 3.01. The van der Waals surface area contributed by atoms with Gasteiger partial charge in [-0.05, 0) is 29.8 Å². The number of benzene rings is 2. The van der Waals surface area contributed by atoms with Crippen LogP contribution >= 0.6 is 11.6 Å². The van der Waals surface area contributed by atoms with Gasteiger partial charge in [-0.25, -0.2) is 8.42 Å². The second kappa shape index (κ2) is 9.49. The molecule has 2 aromatic rings. The van der Waals surface area contributed by atoms with Crippen molar-refractivity contribution in [3.8, 4) is 17.2 Å². The molecule has 172 valence electrons. The fraction of sp³-hybridized carbons (Fsp3) is 0.400. The Morgan fingerprint density at radius 2 is 1.84 bits per heavy atom. The van der Waals surface area contributed by atoms with Crippen LogP contribution in [-0.4, -0.2) is 57.2 Å². The van der Waals surface area contributed by atoms with Crippen molar-refractivity contribution in [3.63, 3.8) is 0 Å². The van der Waals surface area contributed by atoms with Gasteiger partial charge in [0.25, 0.3) is 0 Å². The summed E-state index contributed by atoms with van der Waals surface area (Å²) < 4.78 is 48.9. The van der Waals surface area contributed by atoms with E-state index in [-0.39, 0.29) is 43.6 Å². The Morgan fingerprint density at radius 3 is 2.59 bits per heavy atom. The molecular formula is C20H21ClN2O8S. The van der Waals surface area contributed by atoms with Crippen LogP contribution in [0.2, 0.25) is 5.02 Å². The second-order valence-electron chi connectivity index (χ2n) is 7.15. The quantitative estimate of drug-likeness (QED) is 0.453. The first-order valence-electron chi connectivity index (χ1n) is 9.93. The van der Waals surface area contributed by atoms with Crippen LogP contribution in [0.5, 0.6) is 17.2 Å². The highest BCUT2D eigenvalue weighted by atomic mass is 35.5. The molecule has 0 aliphatic carbocycles. The van der Waals surface area contributed by atoms with E-state index in [1.807, 2.05) is 0 Å². The van der Waals surface area contributed by atoms with Crippen LogP contribution in [0.3, 0.4) is 0 Å². The van der Waals surface area contributed by atoms with E-state index in [4.69, 9.17) is 30.5 Å². The van der Waals surface area contributed by atoms with Gasteiger partial charge in [-0.15, -0.1) is 0 Å². The molecule has 0 amide bonds. The van der Waals surface area contributed by atoms with Crippen molar-refractivity contribution in [1.82, 2.24) is 4.31 Å². The third kappa shape index (κ3) is 4.75. The standard InChI is InChI=1S/C20H21ClN2O8S/c21-16-10-14(11-19-20(16)30-7-1-6-29-19)13-31-18-3-2-15(12-17(18)23(24)25)32(26,27)22-4-8-28-9-5-22/h2-3,10-12H,1,4-9,13H2. The summed E-state index contributed by atoms with van der Waals surface area (Å²) in [5.74, 6) is 0.880. The number of rotatable bonds is 6. The van der Waals surface area contributed by atoms with Crippen LogP contribution in [0.4, 0.5) is 5.69 Å². The molecular weight excluding hydrogens is 464 g/mol. The molecule has 0 unspecified atom stereocenters. The van der Waals surface area contributed by atoms with Crippen LogP contribution in [-0.2, 0) is 21.4 Å². The topological polar surface area (TPSA) is 117 Å². The number of hydrogen-bond acceptors (Lipinski definition) is 8. The van der Waals surface area contributed by atoms with E-state index in [2.05, 4.69) is 0 Å². The average Bonchev–Trinajstić information content (AvgIpc) is 3.04. The first-order valence-corrected chi connectivity index (χ1v) is 11.8. The number of nitrogens with zero attached hydrogens (tertiary/aromatic N) is 2. The molecule has 10 nitrogen and oxygen atoms in total. The number of nitro benzene ring substituents is 1.